The third-order valence-electron chi connectivity index (χ3n) is 3.22. The molecular formula is C12H22N2O2S. The summed E-state index contributed by atoms with van der Waals surface area (Å²) in [6.07, 6.45) is 2.63. The Labute approximate surface area is 107 Å². The van der Waals surface area contributed by atoms with Crippen molar-refractivity contribution in [1.29, 1.82) is 0 Å². The second-order valence-electron chi connectivity index (χ2n) is 4.86. The van der Waals surface area contributed by atoms with Crippen molar-refractivity contribution in [3.05, 3.63) is 0 Å². The van der Waals surface area contributed by atoms with Crippen LogP contribution >= 0.6 is 11.8 Å². The predicted molar refractivity (Wildman–Crippen MR) is 70.3 cm³/mol. The summed E-state index contributed by atoms with van der Waals surface area (Å²) in [5, 5.41) is 3.27. The zero-order valence-corrected chi connectivity index (χ0v) is 11.3. The maximum atomic E-state index is 12.0. The van der Waals surface area contributed by atoms with Crippen molar-refractivity contribution in [1.82, 2.24) is 10.2 Å². The minimum atomic E-state index is 0.00202. The van der Waals surface area contributed by atoms with E-state index >= 15 is 0 Å². The first-order valence-electron chi connectivity index (χ1n) is 6.41. The molecule has 1 atom stereocenters. The van der Waals surface area contributed by atoms with Gasteiger partial charge in [-0.05, 0) is 18.8 Å². The van der Waals surface area contributed by atoms with Gasteiger partial charge in [0.25, 0.3) is 0 Å². The molecule has 17 heavy (non-hydrogen) atoms. The van der Waals surface area contributed by atoms with Crippen LogP contribution in [0.2, 0.25) is 0 Å². The number of hydrogen-bond donors (Lipinski definition) is 1. The Morgan fingerprint density at radius 1 is 1.53 bits per heavy atom. The molecule has 0 spiro atoms. The van der Waals surface area contributed by atoms with Crippen LogP contribution in [0.5, 0.6) is 0 Å². The van der Waals surface area contributed by atoms with Crippen LogP contribution in [0.15, 0.2) is 0 Å². The first-order chi connectivity index (χ1) is 8.27. The molecule has 1 aliphatic carbocycles. The van der Waals surface area contributed by atoms with E-state index in [9.17, 15) is 4.79 Å². The Kier molecular flexibility index (Phi) is 5.13. The van der Waals surface area contributed by atoms with Crippen molar-refractivity contribution in [2.45, 2.75) is 18.9 Å². The minimum Gasteiger partial charge on any atom is -0.379 e. The summed E-state index contributed by atoms with van der Waals surface area (Å²) in [5.41, 5.74) is 0. The van der Waals surface area contributed by atoms with Crippen LogP contribution in [-0.4, -0.2) is 61.7 Å². The number of carbonyl (C=O) groups is 1. The number of rotatable bonds is 6. The summed E-state index contributed by atoms with van der Waals surface area (Å²) < 4.78 is 5.55. The van der Waals surface area contributed by atoms with Gasteiger partial charge in [-0.3, -0.25) is 4.79 Å². The smallest absolute Gasteiger partial charge is 0.240 e. The van der Waals surface area contributed by atoms with Gasteiger partial charge >= 0.3 is 0 Å². The molecular weight excluding hydrogens is 236 g/mol. The van der Waals surface area contributed by atoms with Gasteiger partial charge in [-0.2, -0.15) is 11.8 Å². The van der Waals surface area contributed by atoms with E-state index in [0.717, 1.165) is 30.6 Å². The number of amides is 1. The fraction of sp³-hybridized carbons (Fsp3) is 0.917. The lowest BCUT2D eigenvalue weighted by molar-refractivity contribution is -0.132. The van der Waals surface area contributed by atoms with Crippen LogP contribution < -0.4 is 5.32 Å². The highest BCUT2D eigenvalue weighted by Crippen LogP contribution is 2.28. The van der Waals surface area contributed by atoms with Gasteiger partial charge in [0, 0.05) is 38.2 Å². The zero-order chi connectivity index (χ0) is 12.1. The Bertz CT molecular complexity index is 253. The molecule has 0 bridgehead atoms. The highest BCUT2D eigenvalue weighted by atomic mass is 32.2. The molecule has 1 heterocycles. The van der Waals surface area contributed by atoms with Gasteiger partial charge in [-0.15, -0.1) is 0 Å². The van der Waals surface area contributed by atoms with Gasteiger partial charge in [0.05, 0.1) is 12.6 Å². The number of nitrogens with zero attached hydrogens (tertiary/aromatic N) is 1. The molecule has 1 unspecified atom stereocenters. The third kappa shape index (κ3) is 4.48. The topological polar surface area (TPSA) is 41.6 Å². The van der Waals surface area contributed by atoms with E-state index < -0.39 is 0 Å². The monoisotopic (exact) mass is 258 g/mol. The van der Waals surface area contributed by atoms with E-state index in [1.807, 2.05) is 18.8 Å². The van der Waals surface area contributed by atoms with E-state index in [-0.39, 0.29) is 11.9 Å². The SMILES string of the molecule is CN(CCOCC1CC1)C(=O)C1CSCCN1. The molecule has 0 radical (unpaired) electrons. The van der Waals surface area contributed by atoms with Crippen LogP contribution in [0.4, 0.5) is 0 Å². The number of carbonyl (C=O) groups excluding carboxylic acids is 1. The van der Waals surface area contributed by atoms with E-state index in [4.69, 9.17) is 4.74 Å². The Morgan fingerprint density at radius 3 is 3.00 bits per heavy atom. The van der Waals surface area contributed by atoms with Crippen molar-refractivity contribution in [2.75, 3.05) is 44.9 Å². The molecule has 1 saturated heterocycles. The summed E-state index contributed by atoms with van der Waals surface area (Å²) in [6, 6.07) is 0.00202. The summed E-state index contributed by atoms with van der Waals surface area (Å²) in [4.78, 5) is 13.8. The molecule has 2 aliphatic rings. The summed E-state index contributed by atoms with van der Waals surface area (Å²) in [5.74, 6) is 3.00. The van der Waals surface area contributed by atoms with Crippen molar-refractivity contribution in [3.8, 4) is 0 Å². The van der Waals surface area contributed by atoms with Gasteiger partial charge in [0.15, 0.2) is 0 Å². The molecule has 4 nitrogen and oxygen atoms in total. The number of hydrogen-bond acceptors (Lipinski definition) is 4. The number of nitrogens with one attached hydrogen (secondary N) is 1. The normalized spacial score (nSPS) is 24.6. The van der Waals surface area contributed by atoms with Crippen molar-refractivity contribution < 1.29 is 9.53 Å². The van der Waals surface area contributed by atoms with Crippen LogP contribution in [0.3, 0.4) is 0 Å². The fourth-order valence-corrected chi connectivity index (χ4v) is 2.76. The number of thioether (sulfide) groups is 1. The van der Waals surface area contributed by atoms with E-state index in [1.54, 1.807) is 4.90 Å². The van der Waals surface area contributed by atoms with Gasteiger partial charge in [0.1, 0.15) is 0 Å². The average Bonchev–Trinajstić information content (AvgIpc) is 3.18. The molecule has 2 rings (SSSR count). The first-order valence-corrected chi connectivity index (χ1v) is 7.56. The lowest BCUT2D eigenvalue weighted by Crippen LogP contribution is -2.50. The summed E-state index contributed by atoms with van der Waals surface area (Å²) in [6.45, 7) is 3.18. The number of likely N-dealkylation sites (N-methyl/N-ethyl adjacent to an activating group) is 1. The second kappa shape index (κ2) is 6.61. The lowest BCUT2D eigenvalue weighted by Gasteiger charge is -2.27. The second-order valence-corrected chi connectivity index (χ2v) is 6.01. The van der Waals surface area contributed by atoms with Crippen molar-refractivity contribution in [2.24, 2.45) is 5.92 Å². The van der Waals surface area contributed by atoms with Gasteiger partial charge in [0.2, 0.25) is 5.91 Å². The molecule has 1 N–H and O–H groups in total. The predicted octanol–water partition coefficient (Wildman–Crippen LogP) is 0.576. The van der Waals surface area contributed by atoms with E-state index in [1.165, 1.54) is 12.8 Å². The minimum absolute atomic E-state index is 0.00202. The standard InChI is InChI=1S/C12H22N2O2S/c1-14(5-6-16-8-10-2-3-10)12(15)11-9-17-7-4-13-11/h10-11,13H,2-9H2,1H3. The third-order valence-corrected chi connectivity index (χ3v) is 4.28. The van der Waals surface area contributed by atoms with Gasteiger partial charge in [-0.25, -0.2) is 0 Å². The molecule has 5 heteroatoms. The van der Waals surface area contributed by atoms with Crippen molar-refractivity contribution in [3.63, 3.8) is 0 Å². The highest BCUT2D eigenvalue weighted by Gasteiger charge is 2.24. The maximum absolute atomic E-state index is 12.0. The van der Waals surface area contributed by atoms with Crippen LogP contribution in [0.25, 0.3) is 0 Å². The molecule has 1 saturated carbocycles. The Morgan fingerprint density at radius 2 is 2.35 bits per heavy atom. The average molecular weight is 258 g/mol. The molecule has 0 aromatic heterocycles. The maximum Gasteiger partial charge on any atom is 0.240 e. The van der Waals surface area contributed by atoms with Gasteiger partial charge in [-0.1, -0.05) is 0 Å². The first kappa shape index (κ1) is 13.2. The molecule has 1 amide bonds. The van der Waals surface area contributed by atoms with E-state index in [2.05, 4.69) is 5.32 Å². The molecule has 2 fully saturated rings. The lowest BCUT2D eigenvalue weighted by atomic mass is 10.3. The molecule has 0 aromatic rings. The van der Waals surface area contributed by atoms with Crippen molar-refractivity contribution >= 4 is 17.7 Å². The fourth-order valence-electron chi connectivity index (χ4n) is 1.84. The van der Waals surface area contributed by atoms with E-state index in [0.29, 0.717) is 13.2 Å². The largest absolute Gasteiger partial charge is 0.379 e. The summed E-state index contributed by atoms with van der Waals surface area (Å²) in [7, 11) is 1.86. The Hall–Kier alpha value is -0.260. The molecule has 98 valence electrons. The zero-order valence-electron chi connectivity index (χ0n) is 10.5. The van der Waals surface area contributed by atoms with Crippen LogP contribution in [0, 0.1) is 5.92 Å². The highest BCUT2D eigenvalue weighted by molar-refractivity contribution is 7.99. The quantitative estimate of drug-likeness (QED) is 0.708. The van der Waals surface area contributed by atoms with Crippen LogP contribution in [0.1, 0.15) is 12.8 Å². The summed E-state index contributed by atoms with van der Waals surface area (Å²) >= 11 is 1.85. The van der Waals surface area contributed by atoms with Crippen LogP contribution in [-0.2, 0) is 9.53 Å². The molecule has 0 aromatic carbocycles. The number of ether oxygens (including phenoxy) is 1. The van der Waals surface area contributed by atoms with Gasteiger partial charge < -0.3 is 15.0 Å². The molecule has 1 aliphatic heterocycles. The Balaban J connectivity index is 1.59.